The van der Waals surface area contributed by atoms with Gasteiger partial charge in [0.15, 0.2) is 0 Å². The zero-order chi connectivity index (χ0) is 13.7. The molecule has 0 aliphatic carbocycles. The third-order valence-electron chi connectivity index (χ3n) is 3.14. The predicted octanol–water partition coefficient (Wildman–Crippen LogP) is 0.510. The molecule has 0 saturated carbocycles. The average Bonchev–Trinajstić information content (AvgIpc) is 2.78. The number of nitroso groups, excluding NO2 is 1. The van der Waals surface area contributed by atoms with Crippen molar-refractivity contribution in [2.45, 2.75) is 29.3 Å². The van der Waals surface area contributed by atoms with Gasteiger partial charge in [0, 0.05) is 0 Å². The van der Waals surface area contributed by atoms with Gasteiger partial charge in [-0.05, 0) is 0 Å². The summed E-state index contributed by atoms with van der Waals surface area (Å²) in [6.45, 7) is 2.63. The van der Waals surface area contributed by atoms with Crippen molar-refractivity contribution in [2.75, 3.05) is 20.2 Å². The molecule has 0 aromatic rings. The van der Waals surface area contributed by atoms with Crippen molar-refractivity contribution >= 4 is 37.6 Å². The SMILES string of the molecule is COC(=O)C1CC(CCN=O)CN1C(=O)[CH](C)[Pb]. The number of likely N-dealkylation sites (tertiary alicyclic amines) is 1. The summed E-state index contributed by atoms with van der Waals surface area (Å²) in [6, 6.07) is -0.490. The van der Waals surface area contributed by atoms with E-state index in [9.17, 15) is 14.5 Å². The summed E-state index contributed by atoms with van der Waals surface area (Å²) in [6.07, 6.45) is 1.19. The van der Waals surface area contributed by atoms with Crippen LogP contribution in [0.1, 0.15) is 19.8 Å². The minimum absolute atomic E-state index is 0.0126. The molecule has 0 N–H and O–H groups in total. The maximum atomic E-state index is 12.1. The van der Waals surface area contributed by atoms with E-state index in [4.69, 9.17) is 4.74 Å². The van der Waals surface area contributed by atoms with Crippen molar-refractivity contribution < 1.29 is 14.3 Å². The number of nitrogens with zero attached hydrogens (tertiary/aromatic N) is 2. The maximum absolute atomic E-state index is 12.1. The number of hydrogen-bond acceptors (Lipinski definition) is 5. The predicted molar refractivity (Wildman–Crippen MR) is 66.1 cm³/mol. The molecular weight excluding hydrogens is 431 g/mol. The first-order valence-electron chi connectivity index (χ1n) is 5.89. The summed E-state index contributed by atoms with van der Waals surface area (Å²) in [5.74, 6) is -0.193. The van der Waals surface area contributed by atoms with Gasteiger partial charge < -0.3 is 0 Å². The summed E-state index contributed by atoms with van der Waals surface area (Å²) >= 11 is 0.761. The fourth-order valence-electron chi connectivity index (χ4n) is 2.22. The fraction of sp³-hybridized carbons (Fsp3) is 0.818. The molecule has 3 unspecified atom stereocenters. The van der Waals surface area contributed by atoms with Gasteiger partial charge in [-0.15, -0.1) is 0 Å². The summed E-state index contributed by atoms with van der Waals surface area (Å²) in [5.41, 5.74) is 0. The van der Waals surface area contributed by atoms with Gasteiger partial charge in [-0.25, -0.2) is 0 Å². The van der Waals surface area contributed by atoms with Gasteiger partial charge in [0.1, 0.15) is 0 Å². The molecule has 0 aromatic heterocycles. The molecule has 18 heavy (non-hydrogen) atoms. The number of carbonyl (C=O) groups is 2. The second-order valence-electron chi connectivity index (χ2n) is 4.49. The molecular formula is C11H17N2O4Pb. The summed E-state index contributed by atoms with van der Waals surface area (Å²) < 4.78 is 4.73. The Morgan fingerprint density at radius 2 is 2.22 bits per heavy atom. The second-order valence-corrected chi connectivity index (χ2v) is 7.86. The van der Waals surface area contributed by atoms with E-state index in [-0.39, 0.29) is 27.8 Å². The van der Waals surface area contributed by atoms with Gasteiger partial charge in [0.2, 0.25) is 0 Å². The number of rotatable bonds is 5. The number of methoxy groups -OCH3 is 1. The second kappa shape index (κ2) is 7.15. The van der Waals surface area contributed by atoms with Crippen molar-refractivity contribution in [3.63, 3.8) is 0 Å². The van der Waals surface area contributed by atoms with Gasteiger partial charge in [-0.1, -0.05) is 0 Å². The number of amides is 1. The number of esters is 1. The number of hydrogen-bond donors (Lipinski definition) is 0. The van der Waals surface area contributed by atoms with Crippen LogP contribution in [0, 0.1) is 10.8 Å². The molecule has 1 heterocycles. The van der Waals surface area contributed by atoms with Gasteiger partial charge in [-0.2, -0.15) is 0 Å². The van der Waals surface area contributed by atoms with Crippen LogP contribution >= 0.6 is 0 Å². The Morgan fingerprint density at radius 3 is 2.72 bits per heavy atom. The van der Waals surface area contributed by atoms with Gasteiger partial charge in [-0.3, -0.25) is 0 Å². The minimum atomic E-state index is -0.490. The summed E-state index contributed by atoms with van der Waals surface area (Å²) in [5, 5.41) is 2.83. The third-order valence-corrected chi connectivity index (χ3v) is 4.10. The molecule has 7 heteroatoms. The van der Waals surface area contributed by atoms with Gasteiger partial charge in [0.25, 0.3) is 0 Å². The molecule has 0 bridgehead atoms. The van der Waals surface area contributed by atoms with E-state index >= 15 is 0 Å². The molecule has 99 valence electrons. The number of carbonyl (C=O) groups excluding carboxylic acids is 2. The summed E-state index contributed by atoms with van der Waals surface area (Å²) in [4.78, 5) is 35.5. The first-order valence-corrected chi connectivity index (χ1v) is 8.14. The molecule has 6 nitrogen and oxygen atoms in total. The first kappa shape index (κ1) is 15.5. The zero-order valence-electron chi connectivity index (χ0n) is 10.6. The molecule has 3 radical (unpaired) electrons. The Hall–Kier alpha value is -0.538. The monoisotopic (exact) mass is 449 g/mol. The van der Waals surface area contributed by atoms with E-state index in [1.165, 1.54) is 7.11 Å². The number of ether oxygens (including phenoxy) is 1. The van der Waals surface area contributed by atoms with E-state index in [1.807, 2.05) is 6.92 Å². The Morgan fingerprint density at radius 1 is 1.56 bits per heavy atom. The molecule has 1 fully saturated rings. The summed E-state index contributed by atoms with van der Waals surface area (Å²) in [7, 11) is 1.33. The normalized spacial score (nSPS) is 24.7. The zero-order valence-corrected chi connectivity index (χ0v) is 14.5. The van der Waals surface area contributed by atoms with E-state index < -0.39 is 6.04 Å². The van der Waals surface area contributed by atoms with E-state index in [2.05, 4.69) is 5.18 Å². The van der Waals surface area contributed by atoms with Crippen molar-refractivity contribution in [1.82, 2.24) is 4.90 Å². The third kappa shape index (κ3) is 3.73. The van der Waals surface area contributed by atoms with Crippen LogP contribution in [0.25, 0.3) is 0 Å². The van der Waals surface area contributed by atoms with Crippen molar-refractivity contribution in [3.8, 4) is 0 Å². The Kier molecular flexibility index (Phi) is 6.16. The van der Waals surface area contributed by atoms with Crippen LogP contribution in [0.4, 0.5) is 0 Å². The Balaban J connectivity index is 2.74. The van der Waals surface area contributed by atoms with E-state index in [0.717, 1.165) is 25.8 Å². The first-order chi connectivity index (χ1) is 8.51. The van der Waals surface area contributed by atoms with Crippen LogP contribution in [0.3, 0.4) is 0 Å². The molecule has 3 atom stereocenters. The van der Waals surface area contributed by atoms with Crippen molar-refractivity contribution in [3.05, 3.63) is 4.91 Å². The molecule has 0 aromatic carbocycles. The molecule has 1 amide bonds. The van der Waals surface area contributed by atoms with Gasteiger partial charge >= 0.3 is 122 Å². The van der Waals surface area contributed by atoms with E-state index in [0.29, 0.717) is 19.4 Å². The van der Waals surface area contributed by atoms with Crippen LogP contribution in [0.15, 0.2) is 5.18 Å². The van der Waals surface area contributed by atoms with Crippen LogP contribution in [-0.4, -0.2) is 68.8 Å². The molecule has 0 spiro atoms. The molecule has 1 aliphatic rings. The topological polar surface area (TPSA) is 76.0 Å². The Labute approximate surface area is 122 Å². The average molecular weight is 448 g/mol. The van der Waals surface area contributed by atoms with Crippen LogP contribution < -0.4 is 0 Å². The van der Waals surface area contributed by atoms with Crippen molar-refractivity contribution in [2.24, 2.45) is 11.1 Å². The van der Waals surface area contributed by atoms with Crippen LogP contribution in [-0.2, 0) is 14.3 Å². The van der Waals surface area contributed by atoms with Crippen molar-refractivity contribution in [1.29, 1.82) is 0 Å². The van der Waals surface area contributed by atoms with Gasteiger partial charge in [0.05, 0.1) is 0 Å². The molecule has 1 aliphatic heterocycles. The Bertz CT molecular complexity index is 335. The van der Waals surface area contributed by atoms with Crippen LogP contribution in [0.2, 0.25) is 3.48 Å². The van der Waals surface area contributed by atoms with Crippen LogP contribution in [0.5, 0.6) is 0 Å². The standard InChI is InChI=1S/C11H17N2O4.Pb/c1-3-10(14)13-7-8(4-5-12-16)6-9(13)11(15)17-2;/h3,8-9H,4-7H2,1-2H3;. The quantitative estimate of drug-likeness (QED) is 0.349. The fourth-order valence-corrected chi connectivity index (χ4v) is 2.86. The molecule has 1 saturated heterocycles. The molecule has 1 rings (SSSR count). The van der Waals surface area contributed by atoms with E-state index in [1.54, 1.807) is 4.90 Å².